The summed E-state index contributed by atoms with van der Waals surface area (Å²) in [4.78, 5) is 0. The molecule has 2 nitrogen and oxygen atoms in total. The number of benzene rings is 6. The summed E-state index contributed by atoms with van der Waals surface area (Å²) < 4.78 is 7.49. The SMILES string of the molecule is c1ccc(-n2c3ccccc3c3cc(-n4c5ccccc5c5cc6c(cc54)sc4ccccc46)ccc32)cc1. The first kappa shape index (κ1) is 21.1. The number of aromatic nitrogens is 2. The fourth-order valence-corrected chi connectivity index (χ4v) is 7.54. The lowest BCUT2D eigenvalue weighted by Gasteiger charge is -2.10. The van der Waals surface area contributed by atoms with Crippen molar-refractivity contribution in [3.63, 3.8) is 0 Å². The Labute approximate surface area is 228 Å². The number of para-hydroxylation sites is 3. The van der Waals surface area contributed by atoms with E-state index in [1.807, 2.05) is 11.3 Å². The molecular weight excluding hydrogens is 492 g/mol. The molecule has 3 heterocycles. The van der Waals surface area contributed by atoms with E-state index in [0.29, 0.717) is 0 Å². The van der Waals surface area contributed by atoms with Gasteiger partial charge in [0, 0.05) is 53.1 Å². The van der Waals surface area contributed by atoms with Gasteiger partial charge >= 0.3 is 0 Å². The largest absolute Gasteiger partial charge is 0.309 e. The average Bonchev–Trinajstić information content (AvgIpc) is 3.63. The second-order valence-electron chi connectivity index (χ2n) is 10.2. The quantitative estimate of drug-likeness (QED) is 0.217. The van der Waals surface area contributed by atoms with Gasteiger partial charge in [-0.15, -0.1) is 11.3 Å². The van der Waals surface area contributed by atoms with Crippen LogP contribution in [0.25, 0.3) is 75.2 Å². The lowest BCUT2D eigenvalue weighted by molar-refractivity contribution is 1.17. The molecule has 0 fully saturated rings. The number of hydrogen-bond acceptors (Lipinski definition) is 1. The van der Waals surface area contributed by atoms with Gasteiger partial charge in [0.2, 0.25) is 0 Å². The zero-order valence-electron chi connectivity index (χ0n) is 21.0. The number of nitrogens with zero attached hydrogens (tertiary/aromatic N) is 2. The molecule has 0 radical (unpaired) electrons. The van der Waals surface area contributed by atoms with Gasteiger partial charge in [0.05, 0.1) is 22.1 Å². The van der Waals surface area contributed by atoms with Crippen LogP contribution in [-0.4, -0.2) is 9.13 Å². The summed E-state index contributed by atoms with van der Waals surface area (Å²) in [5, 5.41) is 7.80. The molecule has 3 aromatic heterocycles. The zero-order valence-corrected chi connectivity index (χ0v) is 21.8. The van der Waals surface area contributed by atoms with E-state index in [-0.39, 0.29) is 0 Å². The molecule has 0 amide bonds. The first-order chi connectivity index (χ1) is 19.3. The molecule has 6 aromatic carbocycles. The second kappa shape index (κ2) is 7.83. The molecular formula is C36H22N2S. The standard InChI is InChI=1S/C36H22N2S/c1-2-10-23(11-3-1)37-31-15-7-4-12-25(31)28-20-24(18-19-33(28)37)38-32-16-8-5-13-26(32)29-21-30-27-14-6-9-17-35(27)39-36(30)22-34(29)38/h1-22H. The van der Waals surface area contributed by atoms with Crippen LogP contribution in [0.3, 0.4) is 0 Å². The topological polar surface area (TPSA) is 9.86 Å². The van der Waals surface area contributed by atoms with Crippen molar-refractivity contribution in [1.82, 2.24) is 9.13 Å². The Kier molecular flexibility index (Phi) is 4.24. The summed E-state index contributed by atoms with van der Waals surface area (Å²) in [5.74, 6) is 0. The van der Waals surface area contributed by atoms with Gasteiger partial charge in [-0.25, -0.2) is 0 Å². The van der Waals surface area contributed by atoms with Gasteiger partial charge in [-0.05, 0) is 60.7 Å². The van der Waals surface area contributed by atoms with E-state index in [4.69, 9.17) is 0 Å². The fraction of sp³-hybridized carbons (Fsp3) is 0. The lowest BCUT2D eigenvalue weighted by atomic mass is 10.1. The molecule has 9 rings (SSSR count). The molecule has 3 heteroatoms. The third-order valence-corrected chi connectivity index (χ3v) is 9.23. The van der Waals surface area contributed by atoms with Gasteiger partial charge in [-0.2, -0.15) is 0 Å². The first-order valence-electron chi connectivity index (χ1n) is 13.3. The van der Waals surface area contributed by atoms with E-state index in [2.05, 4.69) is 143 Å². The third kappa shape index (κ3) is 2.91. The summed E-state index contributed by atoms with van der Waals surface area (Å²) in [5.41, 5.74) is 7.30. The highest BCUT2D eigenvalue weighted by molar-refractivity contribution is 7.25. The molecule has 0 N–H and O–H groups in total. The monoisotopic (exact) mass is 514 g/mol. The van der Waals surface area contributed by atoms with E-state index in [1.165, 1.54) is 75.2 Å². The van der Waals surface area contributed by atoms with Crippen molar-refractivity contribution < 1.29 is 0 Å². The zero-order chi connectivity index (χ0) is 25.5. The summed E-state index contributed by atoms with van der Waals surface area (Å²) in [7, 11) is 0. The minimum atomic E-state index is 1.18. The summed E-state index contributed by atoms with van der Waals surface area (Å²) in [6, 6.07) is 48.7. The second-order valence-corrected chi connectivity index (χ2v) is 11.3. The number of thiophene rings is 1. The third-order valence-electron chi connectivity index (χ3n) is 8.10. The minimum absolute atomic E-state index is 1.18. The summed E-state index contributed by atoms with van der Waals surface area (Å²) in [6.45, 7) is 0. The maximum atomic E-state index is 2.45. The van der Waals surface area contributed by atoms with Crippen LogP contribution in [0, 0.1) is 0 Å². The Hall–Kier alpha value is -4.86. The number of rotatable bonds is 2. The van der Waals surface area contributed by atoms with Crippen molar-refractivity contribution in [3.05, 3.63) is 133 Å². The van der Waals surface area contributed by atoms with Crippen molar-refractivity contribution in [1.29, 1.82) is 0 Å². The van der Waals surface area contributed by atoms with E-state index >= 15 is 0 Å². The van der Waals surface area contributed by atoms with Crippen LogP contribution in [0.5, 0.6) is 0 Å². The van der Waals surface area contributed by atoms with Gasteiger partial charge in [-0.1, -0.05) is 72.8 Å². The van der Waals surface area contributed by atoms with Crippen molar-refractivity contribution in [2.75, 3.05) is 0 Å². The van der Waals surface area contributed by atoms with Crippen LogP contribution in [0.15, 0.2) is 133 Å². The van der Waals surface area contributed by atoms with Crippen molar-refractivity contribution in [2.45, 2.75) is 0 Å². The van der Waals surface area contributed by atoms with Gasteiger partial charge in [-0.3, -0.25) is 0 Å². The van der Waals surface area contributed by atoms with Gasteiger partial charge in [0.15, 0.2) is 0 Å². The molecule has 0 unspecified atom stereocenters. The van der Waals surface area contributed by atoms with Crippen LogP contribution in [0.1, 0.15) is 0 Å². The maximum absolute atomic E-state index is 2.45. The smallest absolute Gasteiger partial charge is 0.0555 e. The molecule has 9 aromatic rings. The molecule has 0 saturated carbocycles. The molecule has 0 spiro atoms. The highest BCUT2D eigenvalue weighted by Gasteiger charge is 2.17. The van der Waals surface area contributed by atoms with E-state index < -0.39 is 0 Å². The maximum Gasteiger partial charge on any atom is 0.0555 e. The predicted molar refractivity (Wildman–Crippen MR) is 168 cm³/mol. The van der Waals surface area contributed by atoms with Gasteiger partial charge in [0.1, 0.15) is 0 Å². The lowest BCUT2D eigenvalue weighted by Crippen LogP contribution is -1.95. The fourth-order valence-electron chi connectivity index (χ4n) is 6.42. The molecule has 0 aliphatic carbocycles. The van der Waals surface area contributed by atoms with Crippen LogP contribution >= 0.6 is 11.3 Å². The Morgan fingerprint density at radius 2 is 0.923 bits per heavy atom. The van der Waals surface area contributed by atoms with E-state index in [1.54, 1.807) is 0 Å². The van der Waals surface area contributed by atoms with E-state index in [9.17, 15) is 0 Å². The predicted octanol–water partition coefficient (Wildman–Crippen LogP) is 10.2. The molecule has 182 valence electrons. The van der Waals surface area contributed by atoms with E-state index in [0.717, 1.165) is 0 Å². The van der Waals surface area contributed by atoms with Gasteiger partial charge in [0.25, 0.3) is 0 Å². The molecule has 0 atom stereocenters. The van der Waals surface area contributed by atoms with Crippen molar-refractivity contribution in [3.8, 4) is 11.4 Å². The first-order valence-corrected chi connectivity index (χ1v) is 14.1. The highest BCUT2D eigenvalue weighted by atomic mass is 32.1. The Morgan fingerprint density at radius 1 is 0.333 bits per heavy atom. The Morgan fingerprint density at radius 3 is 1.69 bits per heavy atom. The highest BCUT2D eigenvalue weighted by Crippen LogP contribution is 2.41. The summed E-state index contributed by atoms with van der Waals surface area (Å²) in [6.07, 6.45) is 0. The number of fused-ring (bicyclic) bond motifs is 9. The average molecular weight is 515 g/mol. The Bertz CT molecular complexity index is 2390. The molecule has 39 heavy (non-hydrogen) atoms. The van der Waals surface area contributed by atoms with Crippen LogP contribution in [-0.2, 0) is 0 Å². The molecule has 0 bridgehead atoms. The van der Waals surface area contributed by atoms with Crippen LogP contribution in [0.4, 0.5) is 0 Å². The Balaban J connectivity index is 1.39. The summed E-state index contributed by atoms with van der Waals surface area (Å²) >= 11 is 1.88. The molecule has 0 saturated heterocycles. The minimum Gasteiger partial charge on any atom is -0.309 e. The van der Waals surface area contributed by atoms with Gasteiger partial charge < -0.3 is 9.13 Å². The van der Waals surface area contributed by atoms with Crippen LogP contribution in [0.2, 0.25) is 0 Å². The van der Waals surface area contributed by atoms with Crippen molar-refractivity contribution in [2.24, 2.45) is 0 Å². The number of hydrogen-bond donors (Lipinski definition) is 0. The van der Waals surface area contributed by atoms with Crippen LogP contribution < -0.4 is 0 Å². The molecule has 0 aliphatic rings. The normalized spacial score (nSPS) is 12.1. The van der Waals surface area contributed by atoms with Crippen molar-refractivity contribution >= 4 is 75.1 Å². The molecule has 0 aliphatic heterocycles.